The monoisotopic (exact) mass is 343 g/mol. The molecular weight excluding hydrogens is 325 g/mol. The molecule has 25 heavy (non-hydrogen) atoms. The van der Waals surface area contributed by atoms with E-state index in [-0.39, 0.29) is 24.4 Å². The van der Waals surface area contributed by atoms with Crippen LogP contribution in [0, 0.1) is 5.82 Å². The molecule has 0 aliphatic carbocycles. The number of likely N-dealkylation sites (tertiary alicyclic amines) is 1. The average Bonchev–Trinajstić information content (AvgIpc) is 3.29. The van der Waals surface area contributed by atoms with E-state index in [4.69, 9.17) is 14.2 Å². The second kappa shape index (κ2) is 6.27. The number of halogens is 1. The van der Waals surface area contributed by atoms with Crippen LogP contribution in [-0.2, 0) is 0 Å². The largest absolute Gasteiger partial charge is 0.494 e. The third-order valence-corrected chi connectivity index (χ3v) is 4.74. The van der Waals surface area contributed by atoms with Gasteiger partial charge in [-0.05, 0) is 42.3 Å². The number of benzene rings is 2. The van der Waals surface area contributed by atoms with E-state index >= 15 is 0 Å². The Labute approximate surface area is 144 Å². The standard InChI is InChI=1S/C19H18FNO4/c1-23-16-4-3-13(8-15(16)20)19(22)21-7-6-14(10-21)12-2-5-17-18(9-12)25-11-24-17/h2-5,8-9,14H,6-7,10-11H2,1H3/t14-/m1/s1. The fraction of sp³-hybridized carbons (Fsp3) is 0.316. The van der Waals surface area contributed by atoms with Gasteiger partial charge in [0.2, 0.25) is 6.79 Å². The molecule has 0 unspecified atom stereocenters. The Kier molecular flexibility index (Phi) is 3.95. The molecule has 0 radical (unpaired) electrons. The van der Waals surface area contributed by atoms with Gasteiger partial charge in [-0.25, -0.2) is 4.39 Å². The van der Waals surface area contributed by atoms with Gasteiger partial charge >= 0.3 is 0 Å². The fourth-order valence-electron chi connectivity index (χ4n) is 3.37. The van der Waals surface area contributed by atoms with Crippen LogP contribution >= 0.6 is 0 Å². The highest BCUT2D eigenvalue weighted by atomic mass is 19.1. The van der Waals surface area contributed by atoms with Gasteiger partial charge in [0, 0.05) is 24.6 Å². The second-order valence-electron chi connectivity index (χ2n) is 6.20. The van der Waals surface area contributed by atoms with Crippen LogP contribution in [0.2, 0.25) is 0 Å². The molecule has 2 aliphatic heterocycles. The zero-order chi connectivity index (χ0) is 17.4. The molecule has 2 aromatic rings. The molecule has 1 saturated heterocycles. The van der Waals surface area contributed by atoms with Crippen LogP contribution in [0.1, 0.15) is 28.3 Å². The van der Waals surface area contributed by atoms with E-state index in [1.165, 1.54) is 19.2 Å². The first-order valence-electron chi connectivity index (χ1n) is 8.18. The maximum atomic E-state index is 13.8. The van der Waals surface area contributed by atoms with Crippen molar-refractivity contribution in [3.8, 4) is 17.2 Å². The van der Waals surface area contributed by atoms with E-state index in [2.05, 4.69) is 0 Å². The molecule has 1 fully saturated rings. The molecule has 0 saturated carbocycles. The topological polar surface area (TPSA) is 48.0 Å². The lowest BCUT2D eigenvalue weighted by atomic mass is 9.98. The molecule has 4 rings (SSSR count). The summed E-state index contributed by atoms with van der Waals surface area (Å²) >= 11 is 0. The van der Waals surface area contributed by atoms with Gasteiger partial charge in [0.05, 0.1) is 7.11 Å². The van der Waals surface area contributed by atoms with Crippen LogP contribution in [0.4, 0.5) is 4.39 Å². The number of hydrogen-bond acceptors (Lipinski definition) is 4. The highest BCUT2D eigenvalue weighted by Gasteiger charge is 2.29. The summed E-state index contributed by atoms with van der Waals surface area (Å²) in [5.41, 5.74) is 1.46. The molecule has 2 heterocycles. The molecule has 2 aromatic carbocycles. The van der Waals surface area contributed by atoms with Crippen molar-refractivity contribution >= 4 is 5.91 Å². The van der Waals surface area contributed by atoms with Crippen molar-refractivity contribution in [1.29, 1.82) is 0 Å². The normalized spacial score (nSPS) is 18.5. The number of carbonyl (C=O) groups is 1. The number of rotatable bonds is 3. The Morgan fingerprint density at radius 3 is 2.84 bits per heavy atom. The molecule has 0 bridgehead atoms. The van der Waals surface area contributed by atoms with E-state index in [0.717, 1.165) is 23.5 Å². The molecule has 0 N–H and O–H groups in total. The Morgan fingerprint density at radius 2 is 2.04 bits per heavy atom. The number of methoxy groups -OCH3 is 1. The molecule has 130 valence electrons. The molecule has 0 spiro atoms. The third kappa shape index (κ3) is 2.88. The van der Waals surface area contributed by atoms with Crippen molar-refractivity contribution in [1.82, 2.24) is 4.90 Å². The maximum absolute atomic E-state index is 13.8. The Morgan fingerprint density at radius 1 is 1.20 bits per heavy atom. The highest BCUT2D eigenvalue weighted by molar-refractivity contribution is 5.94. The first-order chi connectivity index (χ1) is 12.2. The Hall–Kier alpha value is -2.76. The quantitative estimate of drug-likeness (QED) is 0.859. The average molecular weight is 343 g/mol. The van der Waals surface area contributed by atoms with Crippen molar-refractivity contribution in [2.45, 2.75) is 12.3 Å². The SMILES string of the molecule is COc1ccc(C(=O)N2CC[C@@H](c3ccc4c(c3)OCO4)C2)cc1F. The number of fused-ring (bicyclic) bond motifs is 1. The van der Waals surface area contributed by atoms with Crippen LogP contribution in [0.5, 0.6) is 17.2 Å². The Bertz CT molecular complexity index is 823. The first kappa shape index (κ1) is 15.7. The third-order valence-electron chi connectivity index (χ3n) is 4.74. The first-order valence-corrected chi connectivity index (χ1v) is 8.18. The summed E-state index contributed by atoms with van der Waals surface area (Å²) in [6.45, 7) is 1.49. The molecule has 5 nitrogen and oxygen atoms in total. The zero-order valence-corrected chi connectivity index (χ0v) is 13.8. The van der Waals surface area contributed by atoms with Gasteiger partial charge in [-0.2, -0.15) is 0 Å². The number of nitrogens with zero attached hydrogens (tertiary/aromatic N) is 1. The zero-order valence-electron chi connectivity index (χ0n) is 13.8. The van der Waals surface area contributed by atoms with Crippen LogP contribution < -0.4 is 14.2 Å². The predicted molar refractivity (Wildman–Crippen MR) is 88.8 cm³/mol. The number of carbonyl (C=O) groups excluding carboxylic acids is 1. The molecular formula is C19H18FNO4. The van der Waals surface area contributed by atoms with E-state index in [0.29, 0.717) is 18.7 Å². The fourth-order valence-corrected chi connectivity index (χ4v) is 3.37. The number of amides is 1. The van der Waals surface area contributed by atoms with Crippen molar-refractivity contribution in [3.63, 3.8) is 0 Å². The van der Waals surface area contributed by atoms with E-state index in [9.17, 15) is 9.18 Å². The van der Waals surface area contributed by atoms with Gasteiger partial charge in [-0.3, -0.25) is 4.79 Å². The van der Waals surface area contributed by atoms with E-state index in [1.54, 1.807) is 11.0 Å². The summed E-state index contributed by atoms with van der Waals surface area (Å²) in [6, 6.07) is 10.2. The predicted octanol–water partition coefficient (Wildman–Crippen LogP) is 3.19. The molecule has 6 heteroatoms. The van der Waals surface area contributed by atoms with Crippen LogP contribution in [0.25, 0.3) is 0 Å². The smallest absolute Gasteiger partial charge is 0.253 e. The maximum Gasteiger partial charge on any atom is 0.253 e. The summed E-state index contributed by atoms with van der Waals surface area (Å²) in [5, 5.41) is 0. The van der Waals surface area contributed by atoms with E-state index in [1.807, 2.05) is 18.2 Å². The van der Waals surface area contributed by atoms with Crippen LogP contribution in [-0.4, -0.2) is 37.8 Å². The summed E-state index contributed by atoms with van der Waals surface area (Å²) in [7, 11) is 1.40. The van der Waals surface area contributed by atoms with Gasteiger partial charge in [0.25, 0.3) is 5.91 Å². The lowest BCUT2D eigenvalue weighted by Gasteiger charge is -2.17. The van der Waals surface area contributed by atoms with Gasteiger partial charge < -0.3 is 19.1 Å². The van der Waals surface area contributed by atoms with Gasteiger partial charge in [-0.15, -0.1) is 0 Å². The van der Waals surface area contributed by atoms with E-state index < -0.39 is 5.82 Å². The van der Waals surface area contributed by atoms with Gasteiger partial charge in [0.15, 0.2) is 23.1 Å². The summed E-state index contributed by atoms with van der Waals surface area (Å²) in [6.07, 6.45) is 0.865. The lowest BCUT2D eigenvalue weighted by molar-refractivity contribution is 0.0790. The number of hydrogen-bond donors (Lipinski definition) is 0. The van der Waals surface area contributed by atoms with Crippen molar-refractivity contribution in [3.05, 3.63) is 53.3 Å². The molecule has 1 atom stereocenters. The van der Waals surface area contributed by atoms with Crippen molar-refractivity contribution in [2.24, 2.45) is 0 Å². The van der Waals surface area contributed by atoms with Crippen LogP contribution in [0.15, 0.2) is 36.4 Å². The highest BCUT2D eigenvalue weighted by Crippen LogP contribution is 2.37. The van der Waals surface area contributed by atoms with Crippen molar-refractivity contribution < 1.29 is 23.4 Å². The summed E-state index contributed by atoms with van der Waals surface area (Å²) in [5.74, 6) is 1.19. The molecule has 1 amide bonds. The minimum atomic E-state index is -0.528. The number of ether oxygens (including phenoxy) is 3. The van der Waals surface area contributed by atoms with Crippen molar-refractivity contribution in [2.75, 3.05) is 27.0 Å². The summed E-state index contributed by atoms with van der Waals surface area (Å²) < 4.78 is 29.5. The lowest BCUT2D eigenvalue weighted by Crippen LogP contribution is -2.28. The molecule has 2 aliphatic rings. The minimum Gasteiger partial charge on any atom is -0.494 e. The van der Waals surface area contributed by atoms with Gasteiger partial charge in [-0.1, -0.05) is 6.07 Å². The Balaban J connectivity index is 1.48. The van der Waals surface area contributed by atoms with Crippen LogP contribution in [0.3, 0.4) is 0 Å². The summed E-state index contributed by atoms with van der Waals surface area (Å²) in [4.78, 5) is 14.4. The van der Waals surface area contributed by atoms with Gasteiger partial charge in [0.1, 0.15) is 0 Å². The minimum absolute atomic E-state index is 0.135. The molecule has 0 aromatic heterocycles. The second-order valence-corrected chi connectivity index (χ2v) is 6.20.